The molecule has 46 heavy (non-hydrogen) atoms. The Hall–Kier alpha value is -2.96. The predicted molar refractivity (Wildman–Crippen MR) is 180 cm³/mol. The zero-order valence-electron chi connectivity index (χ0n) is 28.2. The van der Waals surface area contributed by atoms with Crippen molar-refractivity contribution in [3.63, 3.8) is 0 Å². The van der Waals surface area contributed by atoms with E-state index in [1.807, 2.05) is 19.1 Å². The fraction of sp³-hybridized carbons (Fsp3) is 0.641. The van der Waals surface area contributed by atoms with Crippen molar-refractivity contribution >= 4 is 11.9 Å². The van der Waals surface area contributed by atoms with Gasteiger partial charge in [0.25, 0.3) is 0 Å². The van der Waals surface area contributed by atoms with Crippen LogP contribution < -0.4 is 9.47 Å². The summed E-state index contributed by atoms with van der Waals surface area (Å²) in [6.07, 6.45) is 17.7. The van der Waals surface area contributed by atoms with Gasteiger partial charge in [-0.15, -0.1) is 0 Å². The number of carbonyl (C=O) groups is 2. The van der Waals surface area contributed by atoms with Gasteiger partial charge >= 0.3 is 11.9 Å². The first-order chi connectivity index (χ1) is 22.4. The summed E-state index contributed by atoms with van der Waals surface area (Å²) in [4.78, 5) is 24.6. The van der Waals surface area contributed by atoms with E-state index in [0.717, 1.165) is 63.4 Å². The van der Waals surface area contributed by atoms with Crippen LogP contribution in [-0.2, 0) is 16.0 Å². The summed E-state index contributed by atoms with van der Waals surface area (Å²) in [5.41, 5.74) is 1.27. The van der Waals surface area contributed by atoms with Crippen molar-refractivity contribution in [3.8, 4) is 11.5 Å². The van der Waals surface area contributed by atoms with Crippen molar-refractivity contribution in [1.29, 1.82) is 0 Å². The van der Waals surface area contributed by atoms with E-state index in [2.05, 4.69) is 6.92 Å². The number of hydrogen-bond acceptors (Lipinski definition) is 5. The highest BCUT2D eigenvalue weighted by Crippen LogP contribution is 2.30. The summed E-state index contributed by atoms with van der Waals surface area (Å²) < 4.78 is 45.1. The van der Waals surface area contributed by atoms with E-state index in [-0.39, 0.29) is 23.8 Å². The molecule has 1 aliphatic rings. The lowest BCUT2D eigenvalue weighted by Gasteiger charge is -2.28. The van der Waals surface area contributed by atoms with Gasteiger partial charge in [0, 0.05) is 0 Å². The number of hydrogen-bond donors (Lipinski definition) is 0. The molecule has 0 unspecified atom stereocenters. The monoisotopic (exact) mass is 642 g/mol. The van der Waals surface area contributed by atoms with Crippen LogP contribution in [0.2, 0.25) is 0 Å². The first-order valence-corrected chi connectivity index (χ1v) is 18.0. The average molecular weight is 643 g/mol. The molecule has 1 aliphatic carbocycles. The second-order valence-corrected chi connectivity index (χ2v) is 12.9. The molecule has 0 aliphatic heterocycles. The molecule has 0 amide bonds. The van der Waals surface area contributed by atoms with Crippen LogP contribution in [0.1, 0.15) is 145 Å². The molecule has 3 rings (SSSR count). The predicted octanol–water partition coefficient (Wildman–Crippen LogP) is 10.9. The molecule has 0 N–H and O–H groups in total. The minimum Gasteiger partial charge on any atom is -0.491 e. The van der Waals surface area contributed by atoms with E-state index >= 15 is 0 Å². The molecule has 0 bridgehead atoms. The Labute approximate surface area is 275 Å². The van der Waals surface area contributed by atoms with Gasteiger partial charge in [-0.1, -0.05) is 96.6 Å². The Morgan fingerprint density at radius 2 is 1.43 bits per heavy atom. The fourth-order valence-corrected chi connectivity index (χ4v) is 6.06. The first-order valence-electron chi connectivity index (χ1n) is 18.0. The zero-order chi connectivity index (χ0) is 33.0. The largest absolute Gasteiger partial charge is 0.491 e. The molecule has 2 aromatic rings. The minimum absolute atomic E-state index is 0.136. The third kappa shape index (κ3) is 14.2. The van der Waals surface area contributed by atoms with Gasteiger partial charge in [-0.3, -0.25) is 0 Å². The van der Waals surface area contributed by atoms with Gasteiger partial charge in [0.1, 0.15) is 11.9 Å². The molecule has 1 saturated carbocycles. The molecule has 2 aromatic carbocycles. The molecule has 0 heterocycles. The summed E-state index contributed by atoms with van der Waals surface area (Å²) in [5, 5.41) is 0. The van der Waals surface area contributed by atoms with Crippen molar-refractivity contribution < 1.29 is 32.6 Å². The maximum absolute atomic E-state index is 14.6. The summed E-state index contributed by atoms with van der Waals surface area (Å²) in [6.45, 7) is 4.67. The summed E-state index contributed by atoms with van der Waals surface area (Å²) >= 11 is 0. The highest BCUT2D eigenvalue weighted by Gasteiger charge is 2.27. The number of alkyl halides is 1. The van der Waals surface area contributed by atoms with E-state index in [1.165, 1.54) is 69.6 Å². The van der Waals surface area contributed by atoms with Crippen molar-refractivity contribution in [2.24, 2.45) is 5.92 Å². The number of benzene rings is 2. The van der Waals surface area contributed by atoms with Crippen molar-refractivity contribution in [3.05, 3.63) is 59.4 Å². The Morgan fingerprint density at radius 3 is 2.07 bits per heavy atom. The van der Waals surface area contributed by atoms with Crippen molar-refractivity contribution in [2.45, 2.75) is 148 Å². The number of unbranched alkanes of at least 4 members (excludes halogenated alkanes) is 10. The maximum atomic E-state index is 14.6. The van der Waals surface area contributed by atoms with Crippen molar-refractivity contribution in [2.75, 3.05) is 6.61 Å². The highest BCUT2D eigenvalue weighted by molar-refractivity contribution is 5.91. The van der Waals surface area contributed by atoms with Gasteiger partial charge in [0.05, 0.1) is 12.2 Å². The van der Waals surface area contributed by atoms with Crippen LogP contribution in [0.4, 0.5) is 8.78 Å². The Balaban J connectivity index is 1.30. The Morgan fingerprint density at radius 1 is 0.804 bits per heavy atom. The van der Waals surface area contributed by atoms with Gasteiger partial charge in [-0.2, -0.15) is 0 Å². The second kappa shape index (κ2) is 21.8. The number of carbonyl (C=O) groups excluding carboxylic acids is 2. The van der Waals surface area contributed by atoms with Crippen LogP contribution in [-0.4, -0.2) is 30.8 Å². The number of ether oxygens (including phenoxy) is 3. The molecule has 0 saturated heterocycles. The molecule has 0 radical (unpaired) electrons. The molecule has 0 aromatic heterocycles. The van der Waals surface area contributed by atoms with Gasteiger partial charge in [-0.05, 0) is 93.2 Å². The standard InChI is InChI=1S/C39H56F2O5/c1-3-5-7-8-9-10-11-12-13-14-28-44-37-27-22-32(29-36(37)41)38(42)45-33-23-18-30(19-24-33)16-17-31-20-25-34(26-21-31)46-39(43)35(40)15-6-4-2/h18-19,22-24,27,29,31,34-35H,3-17,20-21,25-26,28H2,1-2H3/t31-,34-,35-/m0/s1. The molecule has 0 spiro atoms. The van der Waals surface area contributed by atoms with E-state index in [4.69, 9.17) is 14.2 Å². The fourth-order valence-electron chi connectivity index (χ4n) is 6.06. The molecular weight excluding hydrogens is 586 g/mol. The van der Waals surface area contributed by atoms with Crippen LogP contribution in [0.15, 0.2) is 42.5 Å². The number of aryl methyl sites for hydroxylation is 1. The lowest BCUT2D eigenvalue weighted by molar-refractivity contribution is -0.157. The Bertz CT molecular complexity index is 1140. The lowest BCUT2D eigenvalue weighted by atomic mass is 9.83. The zero-order valence-corrected chi connectivity index (χ0v) is 28.2. The third-order valence-corrected chi connectivity index (χ3v) is 9.04. The quantitative estimate of drug-likeness (QED) is 0.0726. The molecule has 256 valence electrons. The molecule has 5 nitrogen and oxygen atoms in total. The maximum Gasteiger partial charge on any atom is 0.343 e. The van der Waals surface area contributed by atoms with E-state index in [9.17, 15) is 18.4 Å². The minimum atomic E-state index is -1.51. The topological polar surface area (TPSA) is 61.8 Å². The van der Waals surface area contributed by atoms with Gasteiger partial charge in [0.15, 0.2) is 17.7 Å². The van der Waals surface area contributed by atoms with Crippen molar-refractivity contribution in [1.82, 2.24) is 0 Å². The second-order valence-electron chi connectivity index (χ2n) is 12.9. The number of rotatable bonds is 22. The van der Waals surface area contributed by atoms with Crippen LogP contribution in [0.25, 0.3) is 0 Å². The van der Waals surface area contributed by atoms with Gasteiger partial charge in [0.2, 0.25) is 0 Å². The molecule has 1 atom stereocenters. The van der Waals surface area contributed by atoms with Gasteiger partial charge in [-0.25, -0.2) is 18.4 Å². The number of halogens is 2. The average Bonchev–Trinajstić information content (AvgIpc) is 3.07. The first kappa shape index (κ1) is 37.5. The van der Waals surface area contributed by atoms with E-state index in [1.54, 1.807) is 12.1 Å². The number of esters is 2. The van der Waals surface area contributed by atoms with Crippen LogP contribution >= 0.6 is 0 Å². The molecular formula is C39H56F2O5. The Kier molecular flexibility index (Phi) is 17.7. The smallest absolute Gasteiger partial charge is 0.343 e. The SMILES string of the molecule is CCCCCCCCCCCCOc1ccc(C(=O)Oc2ccc(CC[C@H]3CC[C@H](OC(=O)[C@@H](F)CCCC)CC3)cc2)cc1F. The van der Waals surface area contributed by atoms with Crippen LogP contribution in [0, 0.1) is 11.7 Å². The van der Waals surface area contributed by atoms with Crippen LogP contribution in [0.5, 0.6) is 11.5 Å². The lowest BCUT2D eigenvalue weighted by Crippen LogP contribution is -2.29. The van der Waals surface area contributed by atoms with E-state index in [0.29, 0.717) is 24.7 Å². The molecule has 7 heteroatoms. The van der Waals surface area contributed by atoms with E-state index < -0.39 is 23.9 Å². The summed E-state index contributed by atoms with van der Waals surface area (Å²) in [7, 11) is 0. The van der Waals surface area contributed by atoms with Gasteiger partial charge < -0.3 is 14.2 Å². The normalized spacial score (nSPS) is 17.0. The highest BCUT2D eigenvalue weighted by atomic mass is 19.1. The summed E-state index contributed by atoms with van der Waals surface area (Å²) in [6, 6.07) is 11.6. The summed E-state index contributed by atoms with van der Waals surface area (Å²) in [5.74, 6) is -0.795. The van der Waals surface area contributed by atoms with Crippen LogP contribution in [0.3, 0.4) is 0 Å². The third-order valence-electron chi connectivity index (χ3n) is 9.04. The molecule has 1 fully saturated rings.